The second-order valence-corrected chi connectivity index (χ2v) is 27.0. The minimum absolute atomic E-state index is 0.0400. The number of rotatable bonds is 42. The fraction of sp³-hybridized carbons (Fsp3) is 0.707. The van der Waals surface area contributed by atoms with Gasteiger partial charge in [0.1, 0.15) is 0 Å². The summed E-state index contributed by atoms with van der Waals surface area (Å²) in [6.45, 7) is 21.8. The highest BCUT2D eigenvalue weighted by Crippen LogP contribution is 2.31. The molecule has 0 radical (unpaired) electrons. The average molecular weight is 1240 g/mol. The molecule has 2 amide bonds. The van der Waals surface area contributed by atoms with Gasteiger partial charge in [-0.2, -0.15) is 0 Å². The van der Waals surface area contributed by atoms with E-state index in [-0.39, 0.29) is 98.6 Å². The van der Waals surface area contributed by atoms with E-state index in [4.69, 9.17) is 18.9 Å². The molecule has 0 saturated heterocycles. The summed E-state index contributed by atoms with van der Waals surface area (Å²) >= 11 is 0. The summed E-state index contributed by atoms with van der Waals surface area (Å²) in [7, 11) is 4.07. The first-order chi connectivity index (χ1) is 42.8. The van der Waals surface area contributed by atoms with E-state index >= 15 is 0 Å². The van der Waals surface area contributed by atoms with Crippen LogP contribution in [-0.2, 0) is 47.7 Å². The first kappa shape index (κ1) is 76.1. The molecule has 0 N–H and O–H groups in total. The zero-order valence-corrected chi connectivity index (χ0v) is 57.4. The Morgan fingerprint density at radius 1 is 0.382 bits per heavy atom. The highest BCUT2D eigenvalue weighted by molar-refractivity contribution is 5.77. The monoisotopic (exact) mass is 1240 g/mol. The highest BCUT2D eigenvalue weighted by atomic mass is 16.5. The number of carbonyl (C=O) groups excluding carboxylic acids is 6. The molecule has 14 heteroatoms. The Balaban J connectivity index is 1.37. The molecule has 0 heterocycles. The first-order valence-corrected chi connectivity index (χ1v) is 34.6. The maximum atomic E-state index is 14.3. The van der Waals surface area contributed by atoms with Crippen molar-refractivity contribution in [2.24, 2.45) is 23.7 Å². The number of carbonyl (C=O) groups is 6. The zero-order chi connectivity index (χ0) is 64.8. The van der Waals surface area contributed by atoms with Crippen LogP contribution >= 0.6 is 0 Å². The fourth-order valence-electron chi connectivity index (χ4n) is 12.2. The van der Waals surface area contributed by atoms with Crippen LogP contribution in [0.2, 0.25) is 0 Å². The van der Waals surface area contributed by atoms with Gasteiger partial charge in [0, 0.05) is 52.1 Å². The quantitative estimate of drug-likeness (QED) is 0.0247. The van der Waals surface area contributed by atoms with Gasteiger partial charge in [-0.05, 0) is 243 Å². The number of esters is 4. The lowest BCUT2D eigenvalue weighted by atomic mass is 9.88. The minimum atomic E-state index is -0.181. The van der Waals surface area contributed by atoms with E-state index in [1.165, 1.54) is 44.6 Å². The SMILES string of the molecule is CC(C)=CCCC1=CCC(C(=O)OCCCN(CCCOC(=O)C2CC=C(CCC=C(C)C)CC2)C(=O)CCN(CCCN(C)C)CCC(=O)N(CCCOC(=O)C2CC=C(CCC=C(C)C)CC2)CCCOC(=O)C2CC=C(CCC=C(C)C)CC2)CC1. The van der Waals surface area contributed by atoms with Gasteiger partial charge in [-0.25, -0.2) is 0 Å². The van der Waals surface area contributed by atoms with Crippen LogP contribution in [0.1, 0.15) is 229 Å². The number of hydrogen-bond donors (Lipinski definition) is 0. The van der Waals surface area contributed by atoms with Crippen LogP contribution in [0.5, 0.6) is 0 Å². The second kappa shape index (κ2) is 44.2. The largest absolute Gasteiger partial charge is 0.465 e. The fourth-order valence-corrected chi connectivity index (χ4v) is 12.2. The molecule has 0 fully saturated rings. The summed E-state index contributed by atoms with van der Waals surface area (Å²) in [6.07, 6.45) is 38.8. The Morgan fingerprint density at radius 3 is 0.876 bits per heavy atom. The number of ether oxygens (including phenoxy) is 4. The highest BCUT2D eigenvalue weighted by Gasteiger charge is 2.28. The van der Waals surface area contributed by atoms with E-state index in [9.17, 15) is 28.8 Å². The Hall–Kier alpha value is -5.34. The van der Waals surface area contributed by atoms with Crippen LogP contribution in [0.15, 0.2) is 93.2 Å². The molecule has 14 nitrogen and oxygen atoms in total. The molecule has 4 aliphatic rings. The van der Waals surface area contributed by atoms with E-state index in [2.05, 4.69) is 114 Å². The molecule has 4 rings (SSSR count). The van der Waals surface area contributed by atoms with Crippen LogP contribution in [0, 0.1) is 23.7 Å². The molecule has 500 valence electrons. The Kier molecular flexibility index (Phi) is 37.8. The molecular weight excluding hydrogens is 1120 g/mol. The summed E-state index contributed by atoms with van der Waals surface area (Å²) in [5, 5.41) is 0. The summed E-state index contributed by atoms with van der Waals surface area (Å²) in [6, 6.07) is 0. The third-order valence-corrected chi connectivity index (χ3v) is 17.8. The summed E-state index contributed by atoms with van der Waals surface area (Å²) < 4.78 is 23.3. The standard InChI is InChI=1S/C75H120N4O10/c1-58(2)20-11-24-62-28-36-66(37-29-62)72(82)86-54-16-48-78(49-17-55-87-73(83)67-38-30-63(31-39-67)25-12-21-59(3)4)70(80)44-52-77(47-15-46-76(9)10)53-45-71(81)79(50-18-56-88-74(84)68-40-32-64(33-41-68)26-13-22-60(5)6)51-19-57-89-75(85)69-42-34-65(35-43-69)27-14-23-61(7)8/h20-23,28,30,32,34,66-69H,11-19,24-27,29,31,33,35-57H2,1-10H3. The van der Waals surface area contributed by atoms with Gasteiger partial charge >= 0.3 is 23.9 Å². The number of hydrogen-bond acceptors (Lipinski definition) is 12. The number of allylic oxidation sites excluding steroid dienone is 16. The van der Waals surface area contributed by atoms with Gasteiger partial charge in [0.25, 0.3) is 0 Å². The van der Waals surface area contributed by atoms with Gasteiger partial charge in [-0.1, -0.05) is 93.2 Å². The predicted octanol–water partition coefficient (Wildman–Crippen LogP) is 15.3. The molecule has 0 bridgehead atoms. The molecule has 0 aromatic heterocycles. The average Bonchev–Trinajstić information content (AvgIpc) is 3.57. The molecule has 0 aromatic carbocycles. The second-order valence-electron chi connectivity index (χ2n) is 27.0. The summed E-state index contributed by atoms with van der Waals surface area (Å²) in [4.78, 5) is 89.6. The van der Waals surface area contributed by atoms with Crippen molar-refractivity contribution >= 4 is 35.7 Å². The first-order valence-electron chi connectivity index (χ1n) is 34.6. The molecule has 4 aliphatic carbocycles. The van der Waals surface area contributed by atoms with E-state index in [0.29, 0.717) is 97.2 Å². The molecule has 4 atom stereocenters. The third-order valence-electron chi connectivity index (χ3n) is 17.8. The number of amides is 2. The summed E-state index contributed by atoms with van der Waals surface area (Å²) in [5.41, 5.74) is 10.9. The topological polar surface area (TPSA) is 152 Å². The van der Waals surface area contributed by atoms with E-state index in [1.54, 1.807) is 0 Å². The molecule has 4 unspecified atom stereocenters. The Labute approximate surface area is 539 Å². The van der Waals surface area contributed by atoms with Crippen LogP contribution in [0.25, 0.3) is 0 Å². The van der Waals surface area contributed by atoms with Crippen molar-refractivity contribution in [3.8, 4) is 0 Å². The van der Waals surface area contributed by atoms with Gasteiger partial charge in [0.05, 0.1) is 50.1 Å². The molecule has 0 aliphatic heterocycles. The smallest absolute Gasteiger partial charge is 0.309 e. The van der Waals surface area contributed by atoms with Crippen molar-refractivity contribution in [2.75, 3.05) is 92.9 Å². The van der Waals surface area contributed by atoms with Crippen molar-refractivity contribution in [3.05, 3.63) is 93.2 Å². The van der Waals surface area contributed by atoms with Gasteiger partial charge in [0.2, 0.25) is 11.8 Å². The third kappa shape index (κ3) is 33.5. The summed E-state index contributed by atoms with van der Waals surface area (Å²) in [5.74, 6) is -1.42. The zero-order valence-electron chi connectivity index (χ0n) is 57.4. The van der Waals surface area contributed by atoms with Gasteiger partial charge in [-0.15, -0.1) is 0 Å². The molecular formula is C75H120N4O10. The van der Waals surface area contributed by atoms with E-state index in [0.717, 1.165) is 116 Å². The Morgan fingerprint density at radius 2 is 0.652 bits per heavy atom. The maximum Gasteiger partial charge on any atom is 0.309 e. The molecule has 89 heavy (non-hydrogen) atoms. The predicted molar refractivity (Wildman–Crippen MR) is 361 cm³/mol. The van der Waals surface area contributed by atoms with Crippen molar-refractivity contribution < 1.29 is 47.7 Å². The van der Waals surface area contributed by atoms with Crippen LogP contribution < -0.4 is 0 Å². The normalized spacial score (nSPS) is 18.3. The van der Waals surface area contributed by atoms with E-state index < -0.39 is 0 Å². The van der Waals surface area contributed by atoms with Gasteiger partial charge < -0.3 is 38.5 Å². The van der Waals surface area contributed by atoms with Crippen molar-refractivity contribution in [3.63, 3.8) is 0 Å². The van der Waals surface area contributed by atoms with Crippen LogP contribution in [0.4, 0.5) is 0 Å². The lowest BCUT2D eigenvalue weighted by molar-refractivity contribution is -0.150. The van der Waals surface area contributed by atoms with Crippen LogP contribution in [0.3, 0.4) is 0 Å². The van der Waals surface area contributed by atoms with Crippen molar-refractivity contribution in [1.29, 1.82) is 0 Å². The van der Waals surface area contributed by atoms with Crippen molar-refractivity contribution in [2.45, 2.75) is 229 Å². The van der Waals surface area contributed by atoms with E-state index in [1.807, 2.05) is 23.9 Å². The maximum absolute atomic E-state index is 14.3. The lowest BCUT2D eigenvalue weighted by Crippen LogP contribution is -2.39. The molecule has 0 aromatic rings. The van der Waals surface area contributed by atoms with Crippen molar-refractivity contribution in [1.82, 2.24) is 19.6 Å². The lowest BCUT2D eigenvalue weighted by Gasteiger charge is -2.28. The molecule has 0 spiro atoms. The van der Waals surface area contributed by atoms with Crippen LogP contribution in [-0.4, -0.2) is 148 Å². The van der Waals surface area contributed by atoms with Gasteiger partial charge in [0.15, 0.2) is 0 Å². The Bertz CT molecular complexity index is 2140. The van der Waals surface area contributed by atoms with Gasteiger partial charge in [-0.3, -0.25) is 28.8 Å². The number of nitrogens with zero attached hydrogens (tertiary/aromatic N) is 4. The molecule has 0 saturated carbocycles. The minimum Gasteiger partial charge on any atom is -0.465 e.